The average Bonchev–Trinajstić information content (AvgIpc) is 2.77. The minimum atomic E-state index is -0.600. The molecule has 1 atom stereocenters. The second-order valence-electron chi connectivity index (χ2n) is 3.96. The highest BCUT2D eigenvalue weighted by Crippen LogP contribution is 2.29. The minimum Gasteiger partial charge on any atom is -0.271 e. The number of hydrogen-bond donors (Lipinski definition) is 2. The van der Waals surface area contributed by atoms with E-state index in [0.29, 0.717) is 5.56 Å². The smallest absolute Gasteiger partial charge is 0.126 e. The van der Waals surface area contributed by atoms with Crippen LogP contribution < -0.4 is 11.3 Å². The van der Waals surface area contributed by atoms with Crippen LogP contribution in [-0.2, 0) is 6.42 Å². The predicted molar refractivity (Wildman–Crippen MR) is 69.2 cm³/mol. The molecular formula is C13H14F2N2S. The molecular weight excluding hydrogens is 254 g/mol. The van der Waals surface area contributed by atoms with Gasteiger partial charge in [0.25, 0.3) is 0 Å². The molecule has 3 N–H and O–H groups in total. The van der Waals surface area contributed by atoms with Crippen molar-refractivity contribution in [3.63, 3.8) is 0 Å². The Morgan fingerprint density at radius 2 is 1.89 bits per heavy atom. The van der Waals surface area contributed by atoms with Crippen molar-refractivity contribution in [1.82, 2.24) is 5.43 Å². The van der Waals surface area contributed by atoms with Gasteiger partial charge in [0, 0.05) is 15.8 Å². The molecule has 2 aromatic rings. The van der Waals surface area contributed by atoms with Crippen molar-refractivity contribution in [3.8, 4) is 0 Å². The maximum atomic E-state index is 13.2. The van der Waals surface area contributed by atoms with E-state index in [2.05, 4.69) is 12.3 Å². The van der Waals surface area contributed by atoms with Gasteiger partial charge in [-0.25, -0.2) is 14.2 Å². The van der Waals surface area contributed by atoms with Crippen molar-refractivity contribution < 1.29 is 8.78 Å². The van der Waals surface area contributed by atoms with Gasteiger partial charge in [-0.3, -0.25) is 5.84 Å². The lowest BCUT2D eigenvalue weighted by atomic mass is 10.1. The van der Waals surface area contributed by atoms with E-state index in [4.69, 9.17) is 5.84 Å². The van der Waals surface area contributed by atoms with E-state index in [0.717, 1.165) is 17.4 Å². The Morgan fingerprint density at radius 3 is 2.39 bits per heavy atom. The summed E-state index contributed by atoms with van der Waals surface area (Å²) in [6, 6.07) is 6.97. The number of aryl methyl sites for hydroxylation is 1. The second kappa shape index (κ2) is 5.56. The van der Waals surface area contributed by atoms with E-state index in [9.17, 15) is 8.78 Å². The molecule has 2 rings (SSSR count). The SMILES string of the molecule is CCc1ccc(C(NN)c2cc(F)cc(F)c2)s1. The lowest BCUT2D eigenvalue weighted by Crippen LogP contribution is -2.28. The summed E-state index contributed by atoms with van der Waals surface area (Å²) in [6.45, 7) is 2.06. The Kier molecular flexibility index (Phi) is 4.06. The van der Waals surface area contributed by atoms with Crippen LogP contribution in [0, 0.1) is 11.6 Å². The quantitative estimate of drug-likeness (QED) is 0.660. The van der Waals surface area contributed by atoms with Crippen molar-refractivity contribution in [2.75, 3.05) is 0 Å². The normalized spacial score (nSPS) is 12.7. The van der Waals surface area contributed by atoms with Gasteiger partial charge in [-0.1, -0.05) is 6.92 Å². The van der Waals surface area contributed by atoms with Crippen molar-refractivity contribution in [2.24, 2.45) is 5.84 Å². The van der Waals surface area contributed by atoms with Crippen LogP contribution in [0.3, 0.4) is 0 Å². The summed E-state index contributed by atoms with van der Waals surface area (Å²) in [5.41, 5.74) is 3.09. The molecule has 1 aromatic carbocycles. The summed E-state index contributed by atoms with van der Waals surface area (Å²) in [7, 11) is 0. The Balaban J connectivity index is 2.38. The summed E-state index contributed by atoms with van der Waals surface area (Å²) in [5, 5.41) is 0. The molecule has 18 heavy (non-hydrogen) atoms. The summed E-state index contributed by atoms with van der Waals surface area (Å²) in [5.74, 6) is 4.30. The predicted octanol–water partition coefficient (Wildman–Crippen LogP) is 3.14. The van der Waals surface area contributed by atoms with Crippen LogP contribution in [0.5, 0.6) is 0 Å². The first kappa shape index (κ1) is 13.1. The molecule has 1 heterocycles. The Hall–Kier alpha value is -1.30. The number of benzene rings is 1. The fourth-order valence-electron chi connectivity index (χ4n) is 1.82. The van der Waals surface area contributed by atoms with Gasteiger partial charge in [-0.05, 0) is 36.2 Å². The van der Waals surface area contributed by atoms with Crippen LogP contribution in [0.15, 0.2) is 30.3 Å². The number of rotatable bonds is 4. The average molecular weight is 268 g/mol. The molecule has 0 saturated heterocycles. The van der Waals surface area contributed by atoms with Crippen LogP contribution in [0.2, 0.25) is 0 Å². The number of nitrogens with one attached hydrogen (secondary N) is 1. The van der Waals surface area contributed by atoms with E-state index >= 15 is 0 Å². The first-order chi connectivity index (χ1) is 8.63. The summed E-state index contributed by atoms with van der Waals surface area (Å²) < 4.78 is 26.4. The lowest BCUT2D eigenvalue weighted by molar-refractivity contribution is 0.567. The fraction of sp³-hybridized carbons (Fsp3) is 0.231. The van der Waals surface area contributed by atoms with Crippen LogP contribution in [0.25, 0.3) is 0 Å². The first-order valence-electron chi connectivity index (χ1n) is 5.64. The number of hydrazine groups is 1. The molecule has 96 valence electrons. The van der Waals surface area contributed by atoms with Gasteiger partial charge in [0.1, 0.15) is 11.6 Å². The van der Waals surface area contributed by atoms with E-state index in [1.54, 1.807) is 11.3 Å². The molecule has 0 spiro atoms. The third-order valence-corrected chi connectivity index (χ3v) is 3.99. The van der Waals surface area contributed by atoms with Crippen LogP contribution in [-0.4, -0.2) is 0 Å². The number of nitrogens with two attached hydrogens (primary N) is 1. The molecule has 0 aliphatic rings. The van der Waals surface area contributed by atoms with Crippen molar-refractivity contribution in [2.45, 2.75) is 19.4 Å². The maximum absolute atomic E-state index is 13.2. The molecule has 0 bridgehead atoms. The number of thiophene rings is 1. The van der Waals surface area contributed by atoms with E-state index in [1.807, 2.05) is 12.1 Å². The Bertz CT molecular complexity index is 519. The molecule has 1 unspecified atom stereocenters. The van der Waals surface area contributed by atoms with Crippen molar-refractivity contribution in [1.29, 1.82) is 0 Å². The first-order valence-corrected chi connectivity index (χ1v) is 6.46. The van der Waals surface area contributed by atoms with Crippen LogP contribution in [0.4, 0.5) is 8.78 Å². The lowest BCUT2D eigenvalue weighted by Gasteiger charge is -2.14. The third-order valence-electron chi connectivity index (χ3n) is 2.70. The van der Waals surface area contributed by atoms with E-state index in [-0.39, 0.29) is 6.04 Å². The highest BCUT2D eigenvalue weighted by Gasteiger charge is 2.16. The monoisotopic (exact) mass is 268 g/mol. The van der Waals surface area contributed by atoms with E-state index < -0.39 is 11.6 Å². The van der Waals surface area contributed by atoms with Gasteiger partial charge in [-0.15, -0.1) is 11.3 Å². The summed E-state index contributed by atoms with van der Waals surface area (Å²) >= 11 is 1.58. The van der Waals surface area contributed by atoms with E-state index in [1.165, 1.54) is 17.0 Å². The number of hydrogen-bond acceptors (Lipinski definition) is 3. The van der Waals surface area contributed by atoms with Gasteiger partial charge in [-0.2, -0.15) is 0 Å². The maximum Gasteiger partial charge on any atom is 0.126 e. The van der Waals surface area contributed by atoms with Crippen molar-refractivity contribution >= 4 is 11.3 Å². The zero-order valence-corrected chi connectivity index (χ0v) is 10.7. The molecule has 0 fully saturated rings. The number of halogens is 2. The molecule has 1 aromatic heterocycles. The highest BCUT2D eigenvalue weighted by molar-refractivity contribution is 7.12. The third kappa shape index (κ3) is 2.75. The topological polar surface area (TPSA) is 38.0 Å². The summed E-state index contributed by atoms with van der Waals surface area (Å²) in [4.78, 5) is 2.15. The standard InChI is InChI=1S/C13H14F2N2S/c1-2-11-3-4-12(18-11)13(17-16)8-5-9(14)7-10(15)6-8/h3-7,13,17H,2,16H2,1H3. The molecule has 0 saturated carbocycles. The molecule has 0 aliphatic heterocycles. The van der Waals surface area contributed by atoms with Gasteiger partial charge >= 0.3 is 0 Å². The van der Waals surface area contributed by atoms with Crippen LogP contribution in [0.1, 0.15) is 28.3 Å². The molecule has 0 radical (unpaired) electrons. The molecule has 2 nitrogen and oxygen atoms in total. The summed E-state index contributed by atoms with van der Waals surface area (Å²) in [6.07, 6.45) is 0.930. The Morgan fingerprint density at radius 1 is 1.22 bits per heavy atom. The van der Waals surface area contributed by atoms with Crippen molar-refractivity contribution in [3.05, 3.63) is 57.3 Å². The Labute approximate surface area is 108 Å². The molecule has 0 amide bonds. The fourth-order valence-corrected chi connectivity index (χ4v) is 2.87. The largest absolute Gasteiger partial charge is 0.271 e. The van der Waals surface area contributed by atoms with Gasteiger partial charge in [0.05, 0.1) is 6.04 Å². The second-order valence-corrected chi connectivity index (χ2v) is 5.16. The van der Waals surface area contributed by atoms with Gasteiger partial charge < -0.3 is 0 Å². The van der Waals surface area contributed by atoms with Gasteiger partial charge in [0.15, 0.2) is 0 Å². The van der Waals surface area contributed by atoms with Gasteiger partial charge in [0.2, 0.25) is 0 Å². The highest BCUT2D eigenvalue weighted by atomic mass is 32.1. The zero-order chi connectivity index (χ0) is 13.1. The van der Waals surface area contributed by atoms with Crippen LogP contribution >= 0.6 is 11.3 Å². The zero-order valence-electron chi connectivity index (χ0n) is 9.91. The molecule has 5 heteroatoms. The molecule has 0 aliphatic carbocycles. The minimum absolute atomic E-state index is 0.388.